The third-order valence-corrected chi connectivity index (χ3v) is 8.63. The quantitative estimate of drug-likeness (QED) is 0.0169. The number of aliphatic carboxylic acids is 1. The minimum Gasteiger partial charge on any atom is -0.480 e. The summed E-state index contributed by atoms with van der Waals surface area (Å²) >= 11 is 0. The fraction of sp³-hybridized carbons (Fsp3) is 0.647. The number of aliphatic hydroxyl groups is 1. The van der Waals surface area contributed by atoms with E-state index in [9.17, 15) is 53.4 Å². The molecule has 8 amide bonds. The van der Waals surface area contributed by atoms with Crippen molar-refractivity contribution in [3.05, 3.63) is 0 Å². The summed E-state index contributed by atoms with van der Waals surface area (Å²) in [6.45, 7) is 0.283. The van der Waals surface area contributed by atoms with Gasteiger partial charge in [-0.3, -0.25) is 53.3 Å². The van der Waals surface area contributed by atoms with E-state index in [1.807, 2.05) is 5.32 Å². The van der Waals surface area contributed by atoms with Crippen LogP contribution in [0, 0.1) is 0 Å². The lowest BCUT2D eigenvalue weighted by atomic mass is 10.0. The van der Waals surface area contributed by atoms with Gasteiger partial charge < -0.3 is 93.7 Å². The summed E-state index contributed by atoms with van der Waals surface area (Å²) in [5.74, 6) is -9.52. The van der Waals surface area contributed by atoms with Gasteiger partial charge in [0.1, 0.15) is 36.3 Å². The summed E-state index contributed by atoms with van der Waals surface area (Å²) in [5, 5.41) is 33.0. The fourth-order valence-electron chi connectivity index (χ4n) is 5.26. The van der Waals surface area contributed by atoms with Crippen LogP contribution >= 0.6 is 0 Å². The van der Waals surface area contributed by atoms with Gasteiger partial charge in [-0.2, -0.15) is 0 Å². The van der Waals surface area contributed by atoms with E-state index < -0.39 is 115 Å². The molecule has 0 aromatic carbocycles. The molecule has 0 aliphatic carbocycles. The van der Waals surface area contributed by atoms with Gasteiger partial charge in [0.05, 0.1) is 12.6 Å². The number of hydrogen-bond donors (Lipinski definition) is 17. The maximum atomic E-state index is 14.0. The standard InChI is InChI=1S/C34H64N18O11/c1-16(47-26(57)17(35)8-10-23(36)54)25(56)48-18(5-2-12-44-32(38)39)27(58)49-19(6-3-13-45-33(40)41)28(59)50-20(7-4-14-46-34(42)43)29(60)51-21(9-11-24(37)55)30(61)52-22(15-53)31(62)63/h16-22,53H,2-15,35H2,1H3,(H2,36,54)(H2,37,55)(H,47,57)(H,48,56)(H,49,58)(H,50,59)(H,51,60)(H,52,61)(H,62,63)(H4,38,39,44)(H4,40,41,45)(H4,42,43,46)/t16-,17-,18-,19-,20-,21-,22-/m0/s1. The molecule has 0 bridgehead atoms. The lowest BCUT2D eigenvalue weighted by Crippen LogP contribution is -2.59. The molecule has 26 N–H and O–H groups in total. The van der Waals surface area contributed by atoms with Crippen molar-refractivity contribution in [1.82, 2.24) is 31.9 Å². The Bertz CT molecular complexity index is 1670. The van der Waals surface area contributed by atoms with Crippen molar-refractivity contribution in [2.45, 2.75) is 113 Å². The molecule has 0 spiro atoms. The number of guanidine groups is 3. The Balaban J connectivity index is 6.69. The molecule has 0 saturated carbocycles. The lowest BCUT2D eigenvalue weighted by molar-refractivity contribution is -0.143. The Morgan fingerprint density at radius 1 is 0.460 bits per heavy atom. The van der Waals surface area contributed by atoms with Crippen molar-refractivity contribution in [3.63, 3.8) is 0 Å². The average Bonchev–Trinajstić information content (AvgIpc) is 3.19. The lowest BCUT2D eigenvalue weighted by Gasteiger charge is -2.27. The van der Waals surface area contributed by atoms with Gasteiger partial charge in [0, 0.05) is 32.5 Å². The molecule has 0 fully saturated rings. The minimum atomic E-state index is -1.77. The molecule has 0 aromatic rings. The summed E-state index contributed by atoms with van der Waals surface area (Å²) < 4.78 is 0. The van der Waals surface area contributed by atoms with Crippen LogP contribution < -0.4 is 83.5 Å². The van der Waals surface area contributed by atoms with Crippen LogP contribution in [0.25, 0.3) is 0 Å². The monoisotopic (exact) mass is 901 g/mol. The Morgan fingerprint density at radius 2 is 0.778 bits per heavy atom. The number of carbonyl (C=O) groups excluding carboxylic acids is 8. The van der Waals surface area contributed by atoms with Crippen molar-refractivity contribution in [1.29, 1.82) is 0 Å². The summed E-state index contributed by atoms with van der Waals surface area (Å²) in [4.78, 5) is 126. The Hall–Kier alpha value is -7.04. The number of hydrogen-bond acceptors (Lipinski definition) is 14. The maximum absolute atomic E-state index is 14.0. The van der Waals surface area contributed by atoms with Crippen LogP contribution in [-0.4, -0.2) is 150 Å². The van der Waals surface area contributed by atoms with Gasteiger partial charge in [0.25, 0.3) is 0 Å². The van der Waals surface area contributed by atoms with Crippen LogP contribution in [0.1, 0.15) is 71.1 Å². The first-order chi connectivity index (χ1) is 29.5. The molecule has 0 aliphatic heterocycles. The molecular weight excluding hydrogens is 836 g/mol. The van der Waals surface area contributed by atoms with E-state index in [1.54, 1.807) is 0 Å². The van der Waals surface area contributed by atoms with Crippen molar-refractivity contribution in [2.75, 3.05) is 26.2 Å². The molecule has 0 rings (SSSR count). The first-order valence-electron chi connectivity index (χ1n) is 19.6. The number of carboxylic acid groups (broad SMARTS) is 1. The van der Waals surface area contributed by atoms with Crippen LogP contribution in [0.15, 0.2) is 15.0 Å². The molecule has 0 heterocycles. The van der Waals surface area contributed by atoms with E-state index >= 15 is 0 Å². The number of nitrogens with zero attached hydrogens (tertiary/aromatic N) is 3. The summed E-state index contributed by atoms with van der Waals surface area (Å²) in [7, 11) is 0. The smallest absolute Gasteiger partial charge is 0.328 e. The van der Waals surface area contributed by atoms with Crippen LogP contribution in [0.3, 0.4) is 0 Å². The highest BCUT2D eigenvalue weighted by atomic mass is 16.4. The van der Waals surface area contributed by atoms with Gasteiger partial charge in [0.15, 0.2) is 17.9 Å². The summed E-state index contributed by atoms with van der Waals surface area (Å²) in [5.41, 5.74) is 48.6. The Labute approximate surface area is 362 Å². The highest BCUT2D eigenvalue weighted by Crippen LogP contribution is 2.08. The van der Waals surface area contributed by atoms with Crippen molar-refractivity contribution < 1.29 is 53.4 Å². The number of aliphatic imine (C=N–C) groups is 3. The van der Waals surface area contributed by atoms with Crippen LogP contribution in [0.5, 0.6) is 0 Å². The number of nitrogens with one attached hydrogen (secondary N) is 6. The second-order valence-electron chi connectivity index (χ2n) is 14.0. The molecule has 63 heavy (non-hydrogen) atoms. The molecule has 29 heteroatoms. The topological polar surface area (TPSA) is 538 Å². The molecule has 29 nitrogen and oxygen atoms in total. The highest BCUT2D eigenvalue weighted by molar-refractivity contribution is 5.97. The predicted molar refractivity (Wildman–Crippen MR) is 227 cm³/mol. The molecule has 0 unspecified atom stereocenters. The van der Waals surface area contributed by atoms with Gasteiger partial charge in [-0.1, -0.05) is 0 Å². The van der Waals surface area contributed by atoms with Crippen molar-refractivity contribution in [2.24, 2.45) is 66.6 Å². The Morgan fingerprint density at radius 3 is 1.10 bits per heavy atom. The van der Waals surface area contributed by atoms with Crippen molar-refractivity contribution >= 4 is 71.1 Å². The summed E-state index contributed by atoms with van der Waals surface area (Å²) in [6.07, 6.45) is -1.29. The second kappa shape index (κ2) is 30.1. The normalized spacial score (nSPS) is 14.0. The highest BCUT2D eigenvalue weighted by Gasteiger charge is 2.33. The summed E-state index contributed by atoms with van der Waals surface area (Å²) in [6, 6.07) is -10.1. The van der Waals surface area contributed by atoms with Crippen molar-refractivity contribution in [3.8, 4) is 0 Å². The molecule has 0 radical (unpaired) electrons. The first kappa shape index (κ1) is 56.0. The maximum Gasteiger partial charge on any atom is 0.328 e. The van der Waals surface area contributed by atoms with E-state index in [4.69, 9.17) is 51.6 Å². The molecule has 0 saturated heterocycles. The zero-order valence-corrected chi connectivity index (χ0v) is 35.0. The number of rotatable bonds is 32. The van der Waals surface area contributed by atoms with E-state index in [1.165, 1.54) is 6.92 Å². The zero-order chi connectivity index (χ0) is 48.2. The van der Waals surface area contributed by atoms with E-state index in [-0.39, 0.29) is 88.9 Å². The molecule has 0 aromatic heterocycles. The Kier molecular flexibility index (Phi) is 26.7. The average molecular weight is 901 g/mol. The van der Waals surface area contributed by atoms with Gasteiger partial charge in [-0.15, -0.1) is 0 Å². The van der Waals surface area contributed by atoms with Gasteiger partial charge in [0.2, 0.25) is 47.3 Å². The molecular formula is C34H64N18O11. The number of carbonyl (C=O) groups is 9. The third kappa shape index (κ3) is 25.4. The number of nitrogens with two attached hydrogens (primary N) is 9. The van der Waals surface area contributed by atoms with E-state index in [0.717, 1.165) is 0 Å². The molecule has 0 aliphatic rings. The van der Waals surface area contributed by atoms with Crippen LogP contribution in [0.4, 0.5) is 0 Å². The SMILES string of the molecule is C[C@H](NC(=O)[C@@H](N)CCC(N)=O)C(=O)N[C@@H](CCCN=C(N)N)C(=O)N[C@@H](CCCN=C(N)N)C(=O)N[C@@H](CCCN=C(N)N)C(=O)N[C@@H](CCC(N)=O)C(=O)N[C@@H](CO)C(=O)O. The molecule has 356 valence electrons. The number of carboxylic acids is 1. The second-order valence-corrected chi connectivity index (χ2v) is 14.0. The van der Waals surface area contributed by atoms with Gasteiger partial charge in [-0.05, 0) is 58.3 Å². The van der Waals surface area contributed by atoms with E-state index in [0.29, 0.717) is 0 Å². The third-order valence-electron chi connectivity index (χ3n) is 8.63. The largest absolute Gasteiger partial charge is 0.480 e. The van der Waals surface area contributed by atoms with Crippen LogP contribution in [0.2, 0.25) is 0 Å². The van der Waals surface area contributed by atoms with Gasteiger partial charge in [-0.25, -0.2) is 4.79 Å². The minimum absolute atomic E-state index is 0.0102. The van der Waals surface area contributed by atoms with Crippen LogP contribution in [-0.2, 0) is 43.2 Å². The number of amides is 8. The first-order valence-corrected chi connectivity index (χ1v) is 19.6. The predicted octanol–water partition coefficient (Wildman–Crippen LogP) is -8.99. The number of primary amides is 2. The fourth-order valence-corrected chi connectivity index (χ4v) is 5.26. The zero-order valence-electron chi connectivity index (χ0n) is 35.0. The molecule has 7 atom stereocenters. The number of aliphatic hydroxyl groups excluding tert-OH is 1. The van der Waals surface area contributed by atoms with Gasteiger partial charge >= 0.3 is 5.97 Å². The van der Waals surface area contributed by atoms with E-state index in [2.05, 4.69) is 41.6 Å².